The van der Waals surface area contributed by atoms with Crippen molar-refractivity contribution in [1.82, 2.24) is 4.98 Å². The number of fused-ring (bicyclic) bond motifs is 1. The highest BCUT2D eigenvalue weighted by Gasteiger charge is 2.20. The fraction of sp³-hybridized carbons (Fsp3) is 0.533. The van der Waals surface area contributed by atoms with E-state index in [4.69, 9.17) is 15.5 Å². The van der Waals surface area contributed by atoms with Crippen LogP contribution in [0.4, 0.5) is 0 Å². The normalized spacial score (nSPS) is 12.0. The van der Waals surface area contributed by atoms with Gasteiger partial charge in [-0.25, -0.2) is 4.98 Å². The van der Waals surface area contributed by atoms with Gasteiger partial charge in [-0.3, -0.25) is 0 Å². The first-order valence-corrected chi connectivity index (χ1v) is 7.57. The van der Waals surface area contributed by atoms with Crippen molar-refractivity contribution in [2.75, 3.05) is 13.2 Å². The summed E-state index contributed by atoms with van der Waals surface area (Å²) in [5.41, 5.74) is 6.56. The molecule has 0 spiro atoms. The Balaban J connectivity index is 2.22. The summed E-state index contributed by atoms with van der Waals surface area (Å²) in [5.74, 6) is 0.890. The molecule has 0 atom stereocenters. The molecule has 4 heteroatoms. The summed E-state index contributed by atoms with van der Waals surface area (Å²) in [5, 5.41) is 1.15. The molecule has 0 radical (unpaired) electrons. The van der Waals surface area contributed by atoms with Crippen LogP contribution in [0.2, 0.25) is 0 Å². The fourth-order valence-corrected chi connectivity index (χ4v) is 2.83. The maximum absolute atomic E-state index is 5.84. The summed E-state index contributed by atoms with van der Waals surface area (Å²) < 4.78 is 7.03. The van der Waals surface area contributed by atoms with Crippen LogP contribution >= 0.6 is 11.3 Å². The molecule has 0 saturated carbocycles. The van der Waals surface area contributed by atoms with Gasteiger partial charge in [0, 0.05) is 5.41 Å². The minimum absolute atomic E-state index is 0.0838. The molecule has 2 aromatic rings. The summed E-state index contributed by atoms with van der Waals surface area (Å²) in [4.78, 5) is 4.75. The molecule has 0 aliphatic rings. The lowest BCUT2D eigenvalue weighted by atomic mass is 9.98. The molecular weight excluding hydrogens is 256 g/mol. The Morgan fingerprint density at radius 2 is 2.05 bits per heavy atom. The third-order valence-corrected chi connectivity index (χ3v) is 4.33. The number of hydrogen-bond donors (Lipinski definition) is 1. The van der Waals surface area contributed by atoms with Crippen molar-refractivity contribution in [2.24, 2.45) is 5.73 Å². The number of nitrogens with two attached hydrogens (primary N) is 1. The molecule has 0 amide bonds. The maximum Gasteiger partial charge on any atom is 0.146 e. The lowest BCUT2D eigenvalue weighted by molar-refractivity contribution is 0.311. The van der Waals surface area contributed by atoms with E-state index in [1.165, 1.54) is 4.70 Å². The van der Waals surface area contributed by atoms with Gasteiger partial charge in [0.2, 0.25) is 0 Å². The zero-order chi connectivity index (χ0) is 13.9. The average Bonchev–Trinajstić information content (AvgIpc) is 2.79. The van der Waals surface area contributed by atoms with Gasteiger partial charge in [-0.2, -0.15) is 0 Å². The van der Waals surface area contributed by atoms with Crippen molar-refractivity contribution in [3.05, 3.63) is 23.2 Å². The summed E-state index contributed by atoms with van der Waals surface area (Å²) in [6.07, 6.45) is 1.99. The van der Waals surface area contributed by atoms with E-state index in [0.29, 0.717) is 6.61 Å². The predicted molar refractivity (Wildman–Crippen MR) is 82.1 cm³/mol. The van der Waals surface area contributed by atoms with Crippen LogP contribution in [-0.2, 0) is 5.41 Å². The number of para-hydroxylation sites is 1. The molecule has 0 aliphatic heterocycles. The zero-order valence-corrected chi connectivity index (χ0v) is 12.7. The first-order valence-electron chi connectivity index (χ1n) is 6.75. The SMILES string of the molecule is CC(C)(C)c1nc2c(OCCCCN)cccc2s1. The van der Waals surface area contributed by atoms with E-state index in [2.05, 4.69) is 26.8 Å². The molecule has 104 valence electrons. The van der Waals surface area contributed by atoms with Crippen molar-refractivity contribution in [1.29, 1.82) is 0 Å². The van der Waals surface area contributed by atoms with Crippen molar-refractivity contribution in [3.63, 3.8) is 0 Å². The molecule has 0 unspecified atom stereocenters. The molecule has 3 nitrogen and oxygen atoms in total. The van der Waals surface area contributed by atoms with Gasteiger partial charge in [-0.1, -0.05) is 26.8 Å². The van der Waals surface area contributed by atoms with Crippen molar-refractivity contribution in [3.8, 4) is 5.75 Å². The van der Waals surface area contributed by atoms with Crippen molar-refractivity contribution < 1.29 is 4.74 Å². The minimum Gasteiger partial charge on any atom is -0.491 e. The van der Waals surface area contributed by atoms with Gasteiger partial charge >= 0.3 is 0 Å². The van der Waals surface area contributed by atoms with Crippen LogP contribution < -0.4 is 10.5 Å². The predicted octanol–water partition coefficient (Wildman–Crippen LogP) is 3.71. The second kappa shape index (κ2) is 5.88. The maximum atomic E-state index is 5.84. The lowest BCUT2D eigenvalue weighted by Crippen LogP contribution is -2.10. The molecule has 0 fully saturated rings. The Hall–Kier alpha value is -1.13. The van der Waals surface area contributed by atoms with E-state index in [-0.39, 0.29) is 5.41 Å². The Morgan fingerprint density at radius 3 is 2.74 bits per heavy atom. The summed E-state index contributed by atoms with van der Waals surface area (Å²) in [6.45, 7) is 7.99. The van der Waals surface area contributed by atoms with E-state index < -0.39 is 0 Å². The average molecular weight is 278 g/mol. The number of rotatable bonds is 5. The summed E-state index contributed by atoms with van der Waals surface area (Å²) in [7, 11) is 0. The quantitative estimate of drug-likeness (QED) is 0.848. The second-order valence-electron chi connectivity index (χ2n) is 5.72. The van der Waals surface area contributed by atoms with Crippen molar-refractivity contribution >= 4 is 21.6 Å². The second-order valence-corrected chi connectivity index (χ2v) is 6.75. The van der Waals surface area contributed by atoms with E-state index >= 15 is 0 Å². The van der Waals surface area contributed by atoms with Crippen LogP contribution in [0.25, 0.3) is 10.2 Å². The van der Waals surface area contributed by atoms with E-state index in [0.717, 1.165) is 35.7 Å². The lowest BCUT2D eigenvalue weighted by Gasteiger charge is -2.13. The molecule has 0 aliphatic carbocycles. The number of ether oxygens (including phenoxy) is 1. The molecule has 0 saturated heterocycles. The Morgan fingerprint density at radius 1 is 1.26 bits per heavy atom. The van der Waals surface area contributed by atoms with E-state index in [1.807, 2.05) is 12.1 Å². The standard InChI is InChI=1S/C15H22N2OS/c1-15(2,3)14-17-13-11(18-10-5-4-9-16)7-6-8-12(13)19-14/h6-8H,4-5,9-10,16H2,1-3H3. The molecule has 1 aromatic heterocycles. The van der Waals surface area contributed by atoms with E-state index in [9.17, 15) is 0 Å². The fourth-order valence-electron chi connectivity index (χ4n) is 1.79. The monoisotopic (exact) mass is 278 g/mol. The highest BCUT2D eigenvalue weighted by molar-refractivity contribution is 7.18. The highest BCUT2D eigenvalue weighted by atomic mass is 32.1. The molecule has 1 aromatic carbocycles. The van der Waals surface area contributed by atoms with Gasteiger partial charge < -0.3 is 10.5 Å². The first kappa shape index (κ1) is 14.3. The molecule has 2 rings (SSSR count). The van der Waals surface area contributed by atoms with Crippen LogP contribution in [0.1, 0.15) is 38.6 Å². The first-order chi connectivity index (χ1) is 9.02. The van der Waals surface area contributed by atoms with Crippen LogP contribution in [0.5, 0.6) is 5.75 Å². The Labute approximate surface area is 118 Å². The number of unbranched alkanes of at least 4 members (excludes halogenated alkanes) is 1. The van der Waals surface area contributed by atoms with Crippen molar-refractivity contribution in [2.45, 2.75) is 39.0 Å². The zero-order valence-electron chi connectivity index (χ0n) is 11.9. The molecule has 1 heterocycles. The van der Waals surface area contributed by atoms with Gasteiger partial charge in [-0.15, -0.1) is 11.3 Å². The van der Waals surface area contributed by atoms with Crippen LogP contribution in [-0.4, -0.2) is 18.1 Å². The number of thiazole rings is 1. The van der Waals surface area contributed by atoms with Gasteiger partial charge in [0.05, 0.1) is 16.3 Å². The number of nitrogens with zero attached hydrogens (tertiary/aromatic N) is 1. The molecule has 0 bridgehead atoms. The van der Waals surface area contributed by atoms with Gasteiger partial charge in [0.25, 0.3) is 0 Å². The van der Waals surface area contributed by atoms with Gasteiger partial charge in [0.1, 0.15) is 11.3 Å². The Bertz CT molecular complexity index is 543. The number of benzene rings is 1. The summed E-state index contributed by atoms with van der Waals surface area (Å²) in [6, 6.07) is 6.14. The van der Waals surface area contributed by atoms with E-state index in [1.54, 1.807) is 11.3 Å². The minimum atomic E-state index is 0.0838. The smallest absolute Gasteiger partial charge is 0.146 e. The number of aromatic nitrogens is 1. The highest BCUT2D eigenvalue weighted by Crippen LogP contribution is 2.35. The molecule has 19 heavy (non-hydrogen) atoms. The molecular formula is C15H22N2OS. The van der Waals surface area contributed by atoms with Crippen LogP contribution in [0.15, 0.2) is 18.2 Å². The summed E-state index contributed by atoms with van der Waals surface area (Å²) >= 11 is 1.75. The topological polar surface area (TPSA) is 48.1 Å². The molecule has 2 N–H and O–H groups in total. The number of hydrogen-bond acceptors (Lipinski definition) is 4. The third-order valence-electron chi connectivity index (χ3n) is 2.88. The largest absolute Gasteiger partial charge is 0.491 e. The third kappa shape index (κ3) is 3.45. The van der Waals surface area contributed by atoms with Gasteiger partial charge in [-0.05, 0) is 31.5 Å². The van der Waals surface area contributed by atoms with Crippen LogP contribution in [0, 0.1) is 0 Å². The van der Waals surface area contributed by atoms with Crippen LogP contribution in [0.3, 0.4) is 0 Å². The van der Waals surface area contributed by atoms with Gasteiger partial charge in [0.15, 0.2) is 0 Å². The Kier molecular flexibility index (Phi) is 4.42.